The molecular weight excluding hydrogens is 182 g/mol. The lowest BCUT2D eigenvalue weighted by Crippen LogP contribution is -2.34. The normalized spacial score (nSPS) is 9.43. The second kappa shape index (κ2) is 9.96. The van der Waals surface area contributed by atoms with Crippen LogP contribution >= 0.6 is 0 Å². The summed E-state index contributed by atoms with van der Waals surface area (Å²) in [5.74, 6) is -0.0716. The number of ether oxygens (including phenoxy) is 1. The van der Waals surface area contributed by atoms with Crippen molar-refractivity contribution in [2.45, 2.75) is 12.8 Å². The van der Waals surface area contributed by atoms with E-state index >= 15 is 0 Å². The van der Waals surface area contributed by atoms with Crippen molar-refractivity contribution in [2.75, 3.05) is 33.4 Å². The Bertz CT molecular complexity index is 189. The maximum Gasteiger partial charge on any atom is 0.233 e. The van der Waals surface area contributed by atoms with Crippen molar-refractivity contribution in [3.8, 4) is 6.07 Å². The molecule has 5 heteroatoms. The Hall–Kier alpha value is -1.12. The van der Waals surface area contributed by atoms with E-state index in [-0.39, 0.29) is 5.91 Å². The summed E-state index contributed by atoms with van der Waals surface area (Å²) < 4.78 is 4.85. The van der Waals surface area contributed by atoms with Crippen molar-refractivity contribution in [3.63, 3.8) is 0 Å². The molecule has 0 unspecified atom stereocenters. The molecule has 14 heavy (non-hydrogen) atoms. The van der Waals surface area contributed by atoms with Crippen LogP contribution in [0.15, 0.2) is 0 Å². The average Bonchev–Trinajstić information content (AvgIpc) is 2.18. The van der Waals surface area contributed by atoms with Crippen LogP contribution in [-0.2, 0) is 9.53 Å². The van der Waals surface area contributed by atoms with Crippen LogP contribution in [0.5, 0.6) is 0 Å². The van der Waals surface area contributed by atoms with E-state index in [0.29, 0.717) is 26.1 Å². The second-order valence-electron chi connectivity index (χ2n) is 2.78. The maximum atomic E-state index is 11.0. The van der Waals surface area contributed by atoms with Crippen molar-refractivity contribution in [1.29, 1.82) is 5.26 Å². The summed E-state index contributed by atoms with van der Waals surface area (Å²) in [5.41, 5.74) is 0. The van der Waals surface area contributed by atoms with E-state index in [1.165, 1.54) is 0 Å². The fourth-order valence-electron chi connectivity index (χ4n) is 0.864. The molecule has 0 spiro atoms. The highest BCUT2D eigenvalue weighted by Gasteiger charge is 1.98. The second-order valence-corrected chi connectivity index (χ2v) is 2.78. The fourth-order valence-corrected chi connectivity index (χ4v) is 0.864. The molecule has 0 rings (SSSR count). The van der Waals surface area contributed by atoms with Gasteiger partial charge in [-0.2, -0.15) is 5.26 Å². The minimum Gasteiger partial charge on any atom is -0.385 e. The largest absolute Gasteiger partial charge is 0.385 e. The number of hydrogen-bond donors (Lipinski definition) is 2. The highest BCUT2D eigenvalue weighted by atomic mass is 16.5. The number of hydrogen-bond acceptors (Lipinski definition) is 4. The number of methoxy groups -OCH3 is 1. The van der Waals surface area contributed by atoms with Gasteiger partial charge in [0.25, 0.3) is 0 Å². The predicted molar refractivity (Wildman–Crippen MR) is 52.6 cm³/mol. The Morgan fingerprint density at radius 1 is 1.50 bits per heavy atom. The van der Waals surface area contributed by atoms with Gasteiger partial charge < -0.3 is 15.4 Å². The highest BCUT2D eigenvalue weighted by molar-refractivity contribution is 5.77. The molecular formula is C9H17N3O2. The van der Waals surface area contributed by atoms with E-state index in [0.717, 1.165) is 13.0 Å². The molecule has 0 radical (unpaired) electrons. The molecule has 0 aromatic heterocycles. The molecule has 0 heterocycles. The lowest BCUT2D eigenvalue weighted by Gasteiger charge is -2.04. The summed E-state index contributed by atoms with van der Waals surface area (Å²) in [6, 6.07) is 1.96. The zero-order chi connectivity index (χ0) is 10.6. The monoisotopic (exact) mass is 199 g/mol. The third-order valence-corrected chi connectivity index (χ3v) is 1.55. The summed E-state index contributed by atoms with van der Waals surface area (Å²) in [6.07, 6.45) is 1.25. The number of carbonyl (C=O) groups is 1. The maximum absolute atomic E-state index is 11.0. The minimum absolute atomic E-state index is 0.0716. The molecule has 0 fully saturated rings. The third kappa shape index (κ3) is 8.97. The number of rotatable bonds is 8. The lowest BCUT2D eigenvalue weighted by molar-refractivity contribution is -0.120. The highest BCUT2D eigenvalue weighted by Crippen LogP contribution is 1.76. The van der Waals surface area contributed by atoms with E-state index in [1.807, 2.05) is 6.07 Å². The standard InChI is InChI=1S/C9H17N3O2/c1-14-7-3-5-11-8-9(13)12-6-2-4-10/h11H,2-3,5-8H2,1H3,(H,12,13). The van der Waals surface area contributed by atoms with Gasteiger partial charge in [0.15, 0.2) is 0 Å². The van der Waals surface area contributed by atoms with Crippen molar-refractivity contribution in [3.05, 3.63) is 0 Å². The molecule has 0 saturated carbocycles. The minimum atomic E-state index is -0.0716. The van der Waals surface area contributed by atoms with Crippen LogP contribution in [0.3, 0.4) is 0 Å². The SMILES string of the molecule is COCCCNCC(=O)NCCC#N. The van der Waals surface area contributed by atoms with Crippen molar-refractivity contribution < 1.29 is 9.53 Å². The molecule has 0 aliphatic carbocycles. The van der Waals surface area contributed by atoms with Gasteiger partial charge in [-0.3, -0.25) is 4.79 Å². The Kier molecular flexibility index (Phi) is 9.17. The van der Waals surface area contributed by atoms with E-state index in [4.69, 9.17) is 10.00 Å². The van der Waals surface area contributed by atoms with Gasteiger partial charge in [0.1, 0.15) is 0 Å². The van der Waals surface area contributed by atoms with Crippen molar-refractivity contribution >= 4 is 5.91 Å². The van der Waals surface area contributed by atoms with Crippen LogP contribution < -0.4 is 10.6 Å². The Morgan fingerprint density at radius 3 is 2.93 bits per heavy atom. The molecule has 0 aliphatic rings. The van der Waals surface area contributed by atoms with Crippen LogP contribution in [0.2, 0.25) is 0 Å². The van der Waals surface area contributed by atoms with E-state index in [9.17, 15) is 4.79 Å². The lowest BCUT2D eigenvalue weighted by atomic mass is 10.4. The van der Waals surface area contributed by atoms with Gasteiger partial charge in [0, 0.05) is 20.3 Å². The summed E-state index contributed by atoms with van der Waals surface area (Å²) in [7, 11) is 1.65. The number of nitriles is 1. The molecule has 80 valence electrons. The van der Waals surface area contributed by atoms with Crippen LogP contribution in [0.1, 0.15) is 12.8 Å². The summed E-state index contributed by atoms with van der Waals surface area (Å²) >= 11 is 0. The van der Waals surface area contributed by atoms with Crippen molar-refractivity contribution in [2.24, 2.45) is 0 Å². The summed E-state index contributed by atoms with van der Waals surface area (Å²) in [5, 5.41) is 13.8. The van der Waals surface area contributed by atoms with Crippen LogP contribution in [0.25, 0.3) is 0 Å². The molecule has 0 atom stereocenters. The fraction of sp³-hybridized carbons (Fsp3) is 0.778. The van der Waals surface area contributed by atoms with Crippen molar-refractivity contribution in [1.82, 2.24) is 10.6 Å². The smallest absolute Gasteiger partial charge is 0.233 e. The van der Waals surface area contributed by atoms with Gasteiger partial charge in [0.2, 0.25) is 5.91 Å². The van der Waals surface area contributed by atoms with Crippen LogP contribution in [0.4, 0.5) is 0 Å². The van der Waals surface area contributed by atoms with Gasteiger partial charge in [-0.15, -0.1) is 0 Å². The van der Waals surface area contributed by atoms with Crippen LogP contribution in [0, 0.1) is 11.3 Å². The number of amides is 1. The molecule has 0 bridgehead atoms. The quantitative estimate of drug-likeness (QED) is 0.524. The molecule has 0 saturated heterocycles. The van der Waals surface area contributed by atoms with E-state index in [1.54, 1.807) is 7.11 Å². The first-order chi connectivity index (χ1) is 6.81. The summed E-state index contributed by atoms with van der Waals surface area (Å²) in [4.78, 5) is 11.0. The summed E-state index contributed by atoms with van der Waals surface area (Å²) in [6.45, 7) is 2.19. The van der Waals surface area contributed by atoms with Gasteiger partial charge in [-0.1, -0.05) is 0 Å². The Labute approximate surface area is 84.4 Å². The van der Waals surface area contributed by atoms with Gasteiger partial charge in [-0.25, -0.2) is 0 Å². The average molecular weight is 199 g/mol. The molecule has 5 nitrogen and oxygen atoms in total. The molecule has 0 aliphatic heterocycles. The van der Waals surface area contributed by atoms with Gasteiger partial charge >= 0.3 is 0 Å². The van der Waals surface area contributed by atoms with E-state index in [2.05, 4.69) is 10.6 Å². The number of nitrogens with zero attached hydrogens (tertiary/aromatic N) is 1. The number of carbonyl (C=O) groups excluding carboxylic acids is 1. The van der Waals surface area contributed by atoms with Gasteiger partial charge in [0.05, 0.1) is 19.0 Å². The van der Waals surface area contributed by atoms with E-state index < -0.39 is 0 Å². The third-order valence-electron chi connectivity index (χ3n) is 1.55. The molecule has 0 aromatic carbocycles. The first-order valence-electron chi connectivity index (χ1n) is 4.64. The Balaban J connectivity index is 3.15. The predicted octanol–water partition coefficient (Wildman–Crippen LogP) is -0.358. The molecule has 2 N–H and O–H groups in total. The molecule has 1 amide bonds. The molecule has 0 aromatic rings. The number of nitrogens with one attached hydrogen (secondary N) is 2. The zero-order valence-corrected chi connectivity index (χ0v) is 8.51. The first-order valence-corrected chi connectivity index (χ1v) is 4.64. The zero-order valence-electron chi connectivity index (χ0n) is 8.51. The van der Waals surface area contributed by atoms with Gasteiger partial charge in [-0.05, 0) is 13.0 Å². The first kappa shape index (κ1) is 12.9. The topological polar surface area (TPSA) is 74.2 Å². The Morgan fingerprint density at radius 2 is 2.29 bits per heavy atom. The van der Waals surface area contributed by atoms with Crippen LogP contribution in [-0.4, -0.2) is 39.3 Å².